The number of hydrogen-bond acceptors (Lipinski definition) is 2. The van der Waals surface area contributed by atoms with Gasteiger partial charge in [-0.2, -0.15) is 0 Å². The maximum atomic E-state index is 5.37. The number of rotatable bonds is 10. The maximum Gasteiger partial charge on any atom is 0.0210 e. The molecule has 0 heterocycles. The zero-order valence-corrected chi connectivity index (χ0v) is 23.1. The van der Waals surface area contributed by atoms with E-state index < -0.39 is 0 Å². The minimum absolute atomic E-state index is 0.532. The summed E-state index contributed by atoms with van der Waals surface area (Å²) in [7, 11) is 0. The Labute approximate surface area is 207 Å². The molecule has 1 saturated carbocycles. The van der Waals surface area contributed by atoms with Gasteiger partial charge in [-0.3, -0.25) is 0 Å². The molecule has 1 aliphatic carbocycles. The van der Waals surface area contributed by atoms with Gasteiger partial charge in [-0.05, 0) is 68.4 Å². The molecular weight excluding hydrogens is 400 g/mol. The first-order valence-corrected chi connectivity index (χ1v) is 13.5. The van der Waals surface area contributed by atoms with Crippen LogP contribution in [0.2, 0.25) is 0 Å². The zero-order valence-electron chi connectivity index (χ0n) is 23.1. The molecule has 2 rings (SSSR count). The van der Waals surface area contributed by atoms with Gasteiger partial charge in [-0.25, -0.2) is 0 Å². The third-order valence-electron chi connectivity index (χ3n) is 6.84. The average Bonchev–Trinajstić information content (AvgIpc) is 2.80. The number of nitrogens with two attached hydrogens (primary N) is 1. The minimum Gasteiger partial charge on any atom is -0.388 e. The molecule has 1 aromatic rings. The fraction of sp³-hybridized carbons (Fsp3) is 0.677. The molecule has 0 spiro atoms. The molecule has 2 heteroatoms. The Kier molecular flexibility index (Phi) is 18.0. The van der Waals surface area contributed by atoms with Crippen molar-refractivity contribution >= 4 is 0 Å². The predicted molar refractivity (Wildman–Crippen MR) is 151 cm³/mol. The molecule has 190 valence electrons. The van der Waals surface area contributed by atoms with Crippen molar-refractivity contribution in [3.8, 4) is 0 Å². The molecule has 0 amide bonds. The van der Waals surface area contributed by atoms with E-state index in [1.165, 1.54) is 55.4 Å². The van der Waals surface area contributed by atoms with E-state index in [2.05, 4.69) is 97.3 Å². The van der Waals surface area contributed by atoms with E-state index in [0.29, 0.717) is 17.8 Å². The molecule has 0 radical (unpaired) electrons. The molecule has 1 fully saturated rings. The van der Waals surface area contributed by atoms with Crippen molar-refractivity contribution in [3.63, 3.8) is 0 Å². The van der Waals surface area contributed by atoms with Crippen molar-refractivity contribution in [1.82, 2.24) is 5.32 Å². The minimum atomic E-state index is 0.532. The first kappa shape index (κ1) is 31.5. The van der Waals surface area contributed by atoms with E-state index in [1.54, 1.807) is 0 Å². The maximum absolute atomic E-state index is 5.37. The molecule has 2 nitrogen and oxygen atoms in total. The second kappa shape index (κ2) is 18.8. The van der Waals surface area contributed by atoms with Gasteiger partial charge in [0.25, 0.3) is 0 Å². The third-order valence-corrected chi connectivity index (χ3v) is 6.84. The number of unbranched alkanes of at least 4 members (excludes halogenated alkanes) is 1. The van der Waals surface area contributed by atoms with E-state index in [0.717, 1.165) is 31.3 Å². The van der Waals surface area contributed by atoms with Crippen LogP contribution in [0.4, 0.5) is 0 Å². The Hall–Kier alpha value is -1.54. The first-order chi connectivity index (χ1) is 15.7. The molecular formula is C31H56N2. The van der Waals surface area contributed by atoms with Crippen LogP contribution in [0.1, 0.15) is 105 Å². The summed E-state index contributed by atoms with van der Waals surface area (Å²) in [6.07, 6.45) is 8.91. The second-order valence-electron chi connectivity index (χ2n) is 10.5. The van der Waals surface area contributed by atoms with Crippen molar-refractivity contribution in [2.24, 2.45) is 29.4 Å². The summed E-state index contributed by atoms with van der Waals surface area (Å²) >= 11 is 0. The van der Waals surface area contributed by atoms with Crippen molar-refractivity contribution in [1.29, 1.82) is 0 Å². The van der Waals surface area contributed by atoms with Crippen LogP contribution in [0.5, 0.6) is 0 Å². The molecule has 0 aromatic heterocycles. The van der Waals surface area contributed by atoms with Crippen LogP contribution in [0, 0.1) is 23.7 Å². The Morgan fingerprint density at radius 2 is 1.67 bits per heavy atom. The topological polar surface area (TPSA) is 38.0 Å². The molecule has 0 aliphatic heterocycles. The van der Waals surface area contributed by atoms with Gasteiger partial charge in [-0.15, -0.1) is 0 Å². The number of hydrogen-bond donors (Lipinski definition) is 2. The Morgan fingerprint density at radius 1 is 1.06 bits per heavy atom. The fourth-order valence-electron chi connectivity index (χ4n) is 4.17. The van der Waals surface area contributed by atoms with Crippen LogP contribution in [-0.2, 0) is 0 Å². The SMILES string of the molecule is C=C(C)C(C)CCCCN.C=C(NCC(C)c1ccccc1)C1CC(C)CCC1C.CCC. The lowest BCUT2D eigenvalue weighted by Gasteiger charge is -2.34. The Morgan fingerprint density at radius 3 is 2.21 bits per heavy atom. The average molecular weight is 457 g/mol. The van der Waals surface area contributed by atoms with Gasteiger partial charge in [0.15, 0.2) is 0 Å². The summed E-state index contributed by atoms with van der Waals surface area (Å²) < 4.78 is 0. The standard InChI is InChI=1S/C19H29N.C9H19N.C3H8/c1-14-10-11-15(2)19(12-14)17(4)20-13-16(3)18-8-6-5-7-9-18;1-8(2)9(3)6-4-5-7-10;1-3-2/h5-9,14-16,19-20H,4,10-13H2,1-3H3;9H,1,4-7,10H2,2-3H3;3H2,1-2H3. The van der Waals surface area contributed by atoms with Crippen LogP contribution < -0.4 is 11.1 Å². The molecule has 0 bridgehead atoms. The van der Waals surface area contributed by atoms with Crippen molar-refractivity contribution in [2.75, 3.05) is 13.1 Å². The van der Waals surface area contributed by atoms with Crippen molar-refractivity contribution < 1.29 is 0 Å². The smallest absolute Gasteiger partial charge is 0.0210 e. The third kappa shape index (κ3) is 14.4. The van der Waals surface area contributed by atoms with Gasteiger partial charge in [0.05, 0.1) is 0 Å². The fourth-order valence-corrected chi connectivity index (χ4v) is 4.17. The summed E-state index contributed by atoms with van der Waals surface area (Å²) in [4.78, 5) is 0. The van der Waals surface area contributed by atoms with E-state index in [9.17, 15) is 0 Å². The van der Waals surface area contributed by atoms with Crippen molar-refractivity contribution in [3.05, 3.63) is 60.3 Å². The highest BCUT2D eigenvalue weighted by Crippen LogP contribution is 2.36. The van der Waals surface area contributed by atoms with Crippen LogP contribution in [0.25, 0.3) is 0 Å². The Bertz CT molecular complexity index is 621. The zero-order chi connectivity index (χ0) is 25.2. The van der Waals surface area contributed by atoms with Gasteiger partial charge in [0.2, 0.25) is 0 Å². The van der Waals surface area contributed by atoms with Crippen LogP contribution in [0.15, 0.2) is 54.8 Å². The van der Waals surface area contributed by atoms with E-state index in [-0.39, 0.29) is 0 Å². The molecule has 5 atom stereocenters. The van der Waals surface area contributed by atoms with Crippen LogP contribution in [0.3, 0.4) is 0 Å². The number of benzene rings is 1. The highest BCUT2D eigenvalue weighted by Gasteiger charge is 2.27. The molecule has 1 aliphatic rings. The monoisotopic (exact) mass is 456 g/mol. The molecule has 33 heavy (non-hydrogen) atoms. The van der Waals surface area contributed by atoms with Gasteiger partial charge < -0.3 is 11.1 Å². The van der Waals surface area contributed by atoms with E-state index >= 15 is 0 Å². The first-order valence-electron chi connectivity index (χ1n) is 13.5. The normalized spacial score (nSPS) is 21.4. The van der Waals surface area contributed by atoms with Gasteiger partial charge >= 0.3 is 0 Å². The summed E-state index contributed by atoms with van der Waals surface area (Å²) in [6, 6.07) is 10.7. The quantitative estimate of drug-likeness (QED) is 0.273. The van der Waals surface area contributed by atoms with Crippen LogP contribution in [-0.4, -0.2) is 13.1 Å². The lowest BCUT2D eigenvalue weighted by molar-refractivity contribution is 0.226. The van der Waals surface area contributed by atoms with Crippen LogP contribution >= 0.6 is 0 Å². The summed E-state index contributed by atoms with van der Waals surface area (Å²) in [5, 5.41) is 3.61. The lowest BCUT2D eigenvalue weighted by atomic mass is 9.74. The lowest BCUT2D eigenvalue weighted by Crippen LogP contribution is -2.31. The molecule has 3 N–H and O–H groups in total. The predicted octanol–water partition coefficient (Wildman–Crippen LogP) is 8.71. The molecule has 5 unspecified atom stereocenters. The highest BCUT2D eigenvalue weighted by molar-refractivity contribution is 5.19. The van der Waals surface area contributed by atoms with Gasteiger partial charge in [0.1, 0.15) is 0 Å². The van der Waals surface area contributed by atoms with E-state index in [4.69, 9.17) is 5.73 Å². The summed E-state index contributed by atoms with van der Waals surface area (Å²) in [6.45, 7) is 25.6. The number of allylic oxidation sites excluding steroid dienone is 2. The number of nitrogens with one attached hydrogen (secondary N) is 1. The molecule has 0 saturated heterocycles. The van der Waals surface area contributed by atoms with Gasteiger partial charge in [0, 0.05) is 18.2 Å². The summed E-state index contributed by atoms with van der Waals surface area (Å²) in [5.41, 5.74) is 9.31. The Balaban J connectivity index is 0.000000663. The van der Waals surface area contributed by atoms with E-state index in [1.807, 2.05) is 0 Å². The molecule has 1 aromatic carbocycles. The second-order valence-corrected chi connectivity index (χ2v) is 10.5. The summed E-state index contributed by atoms with van der Waals surface area (Å²) in [5.74, 6) is 3.48. The van der Waals surface area contributed by atoms with Crippen molar-refractivity contribution in [2.45, 2.75) is 99.3 Å². The largest absolute Gasteiger partial charge is 0.388 e. The highest BCUT2D eigenvalue weighted by atomic mass is 14.9. The van der Waals surface area contributed by atoms with Gasteiger partial charge in [-0.1, -0.05) is 110 Å².